The first-order valence-corrected chi connectivity index (χ1v) is 6.59. The van der Waals surface area contributed by atoms with Crippen molar-refractivity contribution in [1.29, 1.82) is 0 Å². The number of hydrogen-bond acceptors (Lipinski definition) is 5. The van der Waals surface area contributed by atoms with Crippen LogP contribution in [0.4, 0.5) is 0 Å². The van der Waals surface area contributed by atoms with E-state index in [1.54, 1.807) is 24.1 Å². The first-order valence-electron chi connectivity index (χ1n) is 5.60. The Labute approximate surface area is 109 Å². The number of rotatable bonds is 6. The first-order chi connectivity index (χ1) is 8.72. The minimum Gasteiger partial charge on any atom is -0.461 e. The van der Waals surface area contributed by atoms with E-state index in [0.29, 0.717) is 18.1 Å². The standard InChI is InChI=1S/C11H14N4O2S/c1-2-18-11-14-13-10(8-4-3-7-17-8)15(11)6-5-9(12)16/h3-4,7H,2,5-6H2,1H3,(H2,12,16). The van der Waals surface area contributed by atoms with Crippen LogP contribution in [0.1, 0.15) is 13.3 Å². The van der Waals surface area contributed by atoms with Crippen molar-refractivity contribution in [3.05, 3.63) is 18.4 Å². The molecule has 0 aromatic carbocycles. The average Bonchev–Trinajstić information content (AvgIpc) is 2.95. The van der Waals surface area contributed by atoms with Crippen LogP contribution in [-0.4, -0.2) is 26.4 Å². The normalized spacial score (nSPS) is 10.7. The Morgan fingerprint density at radius 1 is 1.56 bits per heavy atom. The van der Waals surface area contributed by atoms with Gasteiger partial charge in [-0.25, -0.2) is 0 Å². The molecule has 18 heavy (non-hydrogen) atoms. The van der Waals surface area contributed by atoms with Gasteiger partial charge in [0.2, 0.25) is 5.91 Å². The highest BCUT2D eigenvalue weighted by Gasteiger charge is 2.16. The maximum absolute atomic E-state index is 10.9. The summed E-state index contributed by atoms with van der Waals surface area (Å²) >= 11 is 1.57. The molecule has 0 bridgehead atoms. The van der Waals surface area contributed by atoms with Crippen LogP contribution in [0.5, 0.6) is 0 Å². The summed E-state index contributed by atoms with van der Waals surface area (Å²) in [6.07, 6.45) is 1.83. The van der Waals surface area contributed by atoms with E-state index in [0.717, 1.165) is 10.9 Å². The van der Waals surface area contributed by atoms with Gasteiger partial charge >= 0.3 is 0 Å². The molecule has 0 aliphatic rings. The van der Waals surface area contributed by atoms with Gasteiger partial charge in [-0.2, -0.15) is 0 Å². The second-order valence-electron chi connectivity index (χ2n) is 3.58. The van der Waals surface area contributed by atoms with Crippen molar-refractivity contribution in [3.63, 3.8) is 0 Å². The summed E-state index contributed by atoms with van der Waals surface area (Å²) in [7, 11) is 0. The lowest BCUT2D eigenvalue weighted by Crippen LogP contribution is -2.14. The summed E-state index contributed by atoms with van der Waals surface area (Å²) in [5.41, 5.74) is 5.18. The average molecular weight is 266 g/mol. The molecule has 0 spiro atoms. The van der Waals surface area contributed by atoms with Gasteiger partial charge in [0.15, 0.2) is 16.7 Å². The quantitative estimate of drug-likeness (QED) is 0.801. The molecule has 0 aliphatic heterocycles. The Hall–Kier alpha value is -1.76. The van der Waals surface area contributed by atoms with E-state index >= 15 is 0 Å². The molecular weight excluding hydrogens is 252 g/mol. The molecule has 0 saturated carbocycles. The van der Waals surface area contributed by atoms with Crippen molar-refractivity contribution < 1.29 is 9.21 Å². The summed E-state index contributed by atoms with van der Waals surface area (Å²) in [6, 6.07) is 3.60. The molecule has 6 nitrogen and oxygen atoms in total. The zero-order chi connectivity index (χ0) is 13.0. The van der Waals surface area contributed by atoms with Crippen molar-refractivity contribution in [1.82, 2.24) is 14.8 Å². The molecule has 7 heteroatoms. The van der Waals surface area contributed by atoms with E-state index in [1.165, 1.54) is 0 Å². The van der Waals surface area contributed by atoms with E-state index in [1.807, 2.05) is 17.6 Å². The van der Waals surface area contributed by atoms with Crippen LogP contribution in [0.2, 0.25) is 0 Å². The van der Waals surface area contributed by atoms with Crippen LogP contribution >= 0.6 is 11.8 Å². The molecule has 0 unspecified atom stereocenters. The van der Waals surface area contributed by atoms with Gasteiger partial charge in [-0.3, -0.25) is 9.36 Å². The molecule has 0 radical (unpaired) electrons. The smallest absolute Gasteiger partial charge is 0.219 e. The highest BCUT2D eigenvalue weighted by molar-refractivity contribution is 7.99. The van der Waals surface area contributed by atoms with Gasteiger partial charge in [-0.15, -0.1) is 10.2 Å². The van der Waals surface area contributed by atoms with Crippen molar-refractivity contribution in [2.75, 3.05) is 5.75 Å². The third-order valence-electron chi connectivity index (χ3n) is 2.31. The lowest BCUT2D eigenvalue weighted by molar-refractivity contribution is -0.118. The highest BCUT2D eigenvalue weighted by atomic mass is 32.2. The topological polar surface area (TPSA) is 86.9 Å². The monoisotopic (exact) mass is 266 g/mol. The van der Waals surface area contributed by atoms with Crippen LogP contribution in [-0.2, 0) is 11.3 Å². The molecule has 2 aromatic heterocycles. The van der Waals surface area contributed by atoms with Crippen LogP contribution in [0, 0.1) is 0 Å². The SMILES string of the molecule is CCSc1nnc(-c2ccco2)n1CCC(N)=O. The number of carbonyl (C=O) groups excluding carboxylic acids is 1. The molecule has 0 saturated heterocycles. The fraction of sp³-hybridized carbons (Fsp3) is 0.364. The number of nitrogens with two attached hydrogens (primary N) is 1. The third kappa shape index (κ3) is 2.73. The number of hydrogen-bond donors (Lipinski definition) is 1. The highest BCUT2D eigenvalue weighted by Crippen LogP contribution is 2.24. The van der Waals surface area contributed by atoms with Gasteiger partial charge in [0.25, 0.3) is 0 Å². The van der Waals surface area contributed by atoms with Crippen molar-refractivity contribution in [2.45, 2.75) is 25.0 Å². The minimum atomic E-state index is -0.346. The van der Waals surface area contributed by atoms with E-state index in [4.69, 9.17) is 10.2 Å². The predicted molar refractivity (Wildman–Crippen MR) is 67.9 cm³/mol. The summed E-state index contributed by atoms with van der Waals surface area (Å²) in [6.45, 7) is 2.49. The summed E-state index contributed by atoms with van der Waals surface area (Å²) in [5, 5.41) is 8.97. The Kier molecular flexibility index (Phi) is 4.03. The van der Waals surface area contributed by atoms with E-state index in [2.05, 4.69) is 10.2 Å². The summed E-state index contributed by atoms with van der Waals surface area (Å²) in [4.78, 5) is 10.9. The number of furan rings is 1. The maximum atomic E-state index is 10.9. The van der Waals surface area contributed by atoms with Gasteiger partial charge in [0.1, 0.15) is 0 Å². The predicted octanol–water partition coefficient (Wildman–Crippen LogP) is 1.53. The fourth-order valence-corrected chi connectivity index (χ4v) is 2.23. The Bertz CT molecular complexity index is 521. The zero-order valence-corrected chi connectivity index (χ0v) is 10.8. The van der Waals surface area contributed by atoms with Gasteiger partial charge in [0.05, 0.1) is 6.26 Å². The lowest BCUT2D eigenvalue weighted by Gasteiger charge is -2.06. The summed E-state index contributed by atoms with van der Waals surface area (Å²) < 4.78 is 7.17. The van der Waals surface area contributed by atoms with E-state index < -0.39 is 0 Å². The van der Waals surface area contributed by atoms with Crippen molar-refractivity contribution in [2.24, 2.45) is 5.73 Å². The molecule has 0 atom stereocenters. The largest absolute Gasteiger partial charge is 0.461 e. The van der Waals surface area contributed by atoms with Crippen LogP contribution < -0.4 is 5.73 Å². The molecule has 1 amide bonds. The van der Waals surface area contributed by atoms with Crippen LogP contribution in [0.25, 0.3) is 11.6 Å². The van der Waals surface area contributed by atoms with Crippen molar-refractivity contribution in [3.8, 4) is 11.6 Å². The summed E-state index contributed by atoms with van der Waals surface area (Å²) in [5.74, 6) is 1.79. The number of nitrogens with zero attached hydrogens (tertiary/aromatic N) is 3. The lowest BCUT2D eigenvalue weighted by atomic mass is 10.3. The van der Waals surface area contributed by atoms with E-state index in [9.17, 15) is 4.79 Å². The number of thioether (sulfide) groups is 1. The van der Waals surface area contributed by atoms with Gasteiger partial charge in [0, 0.05) is 13.0 Å². The Morgan fingerprint density at radius 2 is 2.39 bits per heavy atom. The number of amides is 1. The van der Waals surface area contributed by atoms with Crippen LogP contribution in [0.3, 0.4) is 0 Å². The maximum Gasteiger partial charge on any atom is 0.219 e. The molecule has 2 heterocycles. The van der Waals surface area contributed by atoms with Gasteiger partial charge in [-0.05, 0) is 17.9 Å². The number of primary amides is 1. The van der Waals surface area contributed by atoms with E-state index in [-0.39, 0.29) is 12.3 Å². The van der Waals surface area contributed by atoms with Gasteiger partial charge < -0.3 is 10.2 Å². The fourth-order valence-electron chi connectivity index (χ4n) is 1.54. The second-order valence-corrected chi connectivity index (χ2v) is 4.82. The zero-order valence-electron chi connectivity index (χ0n) is 10.00. The van der Waals surface area contributed by atoms with Crippen LogP contribution in [0.15, 0.2) is 28.0 Å². The van der Waals surface area contributed by atoms with Crippen molar-refractivity contribution >= 4 is 17.7 Å². The third-order valence-corrected chi connectivity index (χ3v) is 3.16. The molecule has 0 fully saturated rings. The molecular formula is C11H14N4O2S. The number of aromatic nitrogens is 3. The first kappa shape index (κ1) is 12.7. The molecule has 96 valence electrons. The van der Waals surface area contributed by atoms with Gasteiger partial charge in [-0.1, -0.05) is 18.7 Å². The second kappa shape index (κ2) is 5.72. The minimum absolute atomic E-state index is 0.253. The molecule has 2 rings (SSSR count). The Morgan fingerprint density at radius 3 is 3.00 bits per heavy atom. The Balaban J connectivity index is 2.31. The molecule has 2 aromatic rings. The molecule has 2 N–H and O–H groups in total. The molecule has 0 aliphatic carbocycles. The number of carbonyl (C=O) groups is 1.